The van der Waals surface area contributed by atoms with E-state index in [-0.39, 0.29) is 11.6 Å². The Hall–Kier alpha value is -2.46. The fraction of sp³-hybridized carbons (Fsp3) is 0.391. The Morgan fingerprint density at radius 2 is 1.33 bits per heavy atom. The Balaban J connectivity index is 2.19. The number of nitrogens with zero attached hydrogens (tertiary/aromatic N) is 2. The second-order valence-corrected chi connectivity index (χ2v) is 7.33. The fourth-order valence-electron chi connectivity index (χ4n) is 3.65. The smallest absolute Gasteiger partial charge is 0.162 e. The topological polar surface area (TPSA) is 42.3 Å². The van der Waals surface area contributed by atoms with E-state index in [2.05, 4.69) is 35.7 Å². The highest BCUT2D eigenvalue weighted by atomic mass is 16.1. The number of carbonyl (C=O) groups is 2. The Morgan fingerprint density at radius 1 is 0.852 bits per heavy atom. The number of hydrogen-bond donors (Lipinski definition) is 0. The molecule has 1 aromatic heterocycles. The molecule has 0 N–H and O–H groups in total. The molecule has 0 radical (unpaired) electrons. The van der Waals surface area contributed by atoms with Gasteiger partial charge in [-0.3, -0.25) is 9.59 Å². The van der Waals surface area contributed by atoms with Gasteiger partial charge in [-0.1, -0.05) is 13.8 Å². The van der Waals surface area contributed by atoms with E-state index in [4.69, 9.17) is 0 Å². The van der Waals surface area contributed by atoms with Gasteiger partial charge in [0.2, 0.25) is 0 Å². The molecule has 0 saturated heterocycles. The van der Waals surface area contributed by atoms with Gasteiger partial charge in [-0.05, 0) is 63.5 Å². The predicted molar refractivity (Wildman–Crippen MR) is 112 cm³/mol. The molecule has 0 atom stereocenters. The molecule has 2 aromatic carbocycles. The van der Waals surface area contributed by atoms with Crippen molar-refractivity contribution in [1.82, 2.24) is 9.47 Å². The highest BCUT2D eigenvalue weighted by Crippen LogP contribution is 2.31. The molecule has 4 heteroatoms. The fourth-order valence-corrected chi connectivity index (χ4v) is 3.65. The third-order valence-electron chi connectivity index (χ3n) is 5.14. The van der Waals surface area contributed by atoms with E-state index in [0.29, 0.717) is 12.8 Å². The van der Waals surface area contributed by atoms with Gasteiger partial charge < -0.3 is 9.47 Å². The largest absolute Gasteiger partial charge is 0.340 e. The van der Waals surface area contributed by atoms with Gasteiger partial charge in [0.05, 0.1) is 0 Å². The lowest BCUT2D eigenvalue weighted by Gasteiger charge is -2.12. The third kappa shape index (κ3) is 3.81. The highest BCUT2D eigenvalue weighted by molar-refractivity contribution is 6.13. The number of carbonyl (C=O) groups excluding carboxylic acids is 2. The number of Topliss-reactive ketones (excluding diaryl/α,β-unsaturated/α-hetero) is 2. The molecular weight excluding hydrogens is 336 g/mol. The second kappa shape index (κ2) is 8.05. The third-order valence-corrected chi connectivity index (χ3v) is 5.14. The maximum atomic E-state index is 12.2. The summed E-state index contributed by atoms with van der Waals surface area (Å²) in [5.74, 6) is 0.289. The molecule has 0 saturated carbocycles. The van der Waals surface area contributed by atoms with Crippen LogP contribution in [0.15, 0.2) is 36.4 Å². The maximum Gasteiger partial charge on any atom is 0.162 e. The van der Waals surface area contributed by atoms with Crippen molar-refractivity contribution in [3.8, 4) is 0 Å². The number of fused-ring (bicyclic) bond motifs is 3. The molecule has 0 unspecified atom stereocenters. The minimum absolute atomic E-state index is 0.145. The first-order chi connectivity index (χ1) is 13.0. The quantitative estimate of drug-likeness (QED) is 0.532. The summed E-state index contributed by atoms with van der Waals surface area (Å²) in [5.41, 5.74) is 3.73. The van der Waals surface area contributed by atoms with Crippen LogP contribution in [0.2, 0.25) is 0 Å². The molecule has 0 aliphatic heterocycles. The summed E-state index contributed by atoms with van der Waals surface area (Å²) >= 11 is 0. The zero-order valence-electron chi connectivity index (χ0n) is 16.7. The van der Waals surface area contributed by atoms with Gasteiger partial charge in [0.1, 0.15) is 0 Å². The van der Waals surface area contributed by atoms with Gasteiger partial charge in [-0.15, -0.1) is 0 Å². The van der Waals surface area contributed by atoms with Crippen molar-refractivity contribution in [2.75, 3.05) is 20.6 Å². The minimum atomic E-state index is 0.145. The summed E-state index contributed by atoms with van der Waals surface area (Å²) in [6.07, 6.45) is 2.02. The predicted octanol–water partition coefficient (Wildman–Crippen LogP) is 4.93. The molecule has 0 bridgehead atoms. The van der Waals surface area contributed by atoms with Crippen molar-refractivity contribution in [3.63, 3.8) is 0 Å². The lowest BCUT2D eigenvalue weighted by Crippen LogP contribution is -2.15. The number of aromatic nitrogens is 1. The van der Waals surface area contributed by atoms with E-state index < -0.39 is 0 Å². The van der Waals surface area contributed by atoms with Crippen LogP contribution in [0.5, 0.6) is 0 Å². The molecule has 0 aliphatic carbocycles. The van der Waals surface area contributed by atoms with Crippen molar-refractivity contribution >= 4 is 33.4 Å². The Morgan fingerprint density at radius 3 is 1.74 bits per heavy atom. The molecular formula is C23H28N2O2. The van der Waals surface area contributed by atoms with Gasteiger partial charge in [0.15, 0.2) is 11.6 Å². The zero-order valence-corrected chi connectivity index (χ0v) is 16.7. The Bertz CT molecular complexity index is 925. The highest BCUT2D eigenvalue weighted by Gasteiger charge is 2.15. The monoisotopic (exact) mass is 364 g/mol. The van der Waals surface area contributed by atoms with Gasteiger partial charge >= 0.3 is 0 Å². The summed E-state index contributed by atoms with van der Waals surface area (Å²) < 4.78 is 2.31. The number of hydrogen-bond acceptors (Lipinski definition) is 3. The Labute approximate surface area is 160 Å². The zero-order chi connectivity index (χ0) is 19.6. The average molecular weight is 364 g/mol. The molecule has 27 heavy (non-hydrogen) atoms. The first-order valence-corrected chi connectivity index (χ1v) is 9.73. The maximum absolute atomic E-state index is 12.2. The molecule has 1 heterocycles. The Kier molecular flexibility index (Phi) is 5.76. The first kappa shape index (κ1) is 19.3. The number of aryl methyl sites for hydroxylation is 1. The van der Waals surface area contributed by atoms with Crippen LogP contribution in [0.3, 0.4) is 0 Å². The van der Waals surface area contributed by atoms with Crippen molar-refractivity contribution < 1.29 is 9.59 Å². The van der Waals surface area contributed by atoms with Gasteiger partial charge in [0.25, 0.3) is 0 Å². The van der Waals surface area contributed by atoms with Crippen LogP contribution in [-0.4, -0.2) is 41.7 Å². The van der Waals surface area contributed by atoms with Crippen LogP contribution in [0.4, 0.5) is 0 Å². The van der Waals surface area contributed by atoms with Crippen LogP contribution in [0, 0.1) is 0 Å². The second-order valence-electron chi connectivity index (χ2n) is 7.33. The lowest BCUT2D eigenvalue weighted by molar-refractivity contribution is 0.0980. The van der Waals surface area contributed by atoms with Crippen LogP contribution in [-0.2, 0) is 6.54 Å². The molecule has 0 aliphatic rings. The van der Waals surface area contributed by atoms with E-state index in [9.17, 15) is 9.59 Å². The molecule has 3 rings (SSSR count). The van der Waals surface area contributed by atoms with E-state index in [1.54, 1.807) is 0 Å². The summed E-state index contributed by atoms with van der Waals surface area (Å²) in [4.78, 5) is 26.6. The molecule has 0 amide bonds. The minimum Gasteiger partial charge on any atom is -0.340 e. The van der Waals surface area contributed by atoms with Crippen molar-refractivity contribution in [2.45, 2.75) is 39.7 Å². The standard InChI is InChI=1S/C23H28N2O2/c1-5-22(26)16-8-10-20-18(14-16)19-15-17(23(27)6-2)9-11-21(19)25(20)13-7-12-24(3)4/h8-11,14-15H,5-7,12-13H2,1-4H3. The lowest BCUT2D eigenvalue weighted by atomic mass is 10.0. The number of ketones is 2. The average Bonchev–Trinajstić information content (AvgIpc) is 2.99. The van der Waals surface area contributed by atoms with Crippen molar-refractivity contribution in [2.24, 2.45) is 0 Å². The van der Waals surface area contributed by atoms with E-state index in [1.807, 2.05) is 38.1 Å². The summed E-state index contributed by atoms with van der Waals surface area (Å²) in [7, 11) is 4.16. The summed E-state index contributed by atoms with van der Waals surface area (Å²) in [6.45, 7) is 5.68. The van der Waals surface area contributed by atoms with Crippen LogP contribution in [0.1, 0.15) is 53.8 Å². The normalized spacial score (nSPS) is 11.6. The van der Waals surface area contributed by atoms with Gasteiger partial charge in [-0.25, -0.2) is 0 Å². The molecule has 142 valence electrons. The molecule has 3 aromatic rings. The van der Waals surface area contributed by atoms with E-state index >= 15 is 0 Å². The molecule has 0 spiro atoms. The van der Waals surface area contributed by atoms with Crippen LogP contribution in [0.25, 0.3) is 21.8 Å². The molecule has 4 nitrogen and oxygen atoms in total. The SMILES string of the molecule is CCC(=O)c1ccc2c(c1)c1cc(C(=O)CC)ccc1n2CCCN(C)C. The van der Waals surface area contributed by atoms with E-state index in [1.165, 1.54) is 0 Å². The summed E-state index contributed by atoms with van der Waals surface area (Å²) in [6, 6.07) is 11.9. The van der Waals surface area contributed by atoms with Gasteiger partial charge in [0, 0.05) is 52.3 Å². The molecule has 0 fully saturated rings. The van der Waals surface area contributed by atoms with Crippen LogP contribution < -0.4 is 0 Å². The van der Waals surface area contributed by atoms with Crippen LogP contribution >= 0.6 is 0 Å². The van der Waals surface area contributed by atoms with Gasteiger partial charge in [-0.2, -0.15) is 0 Å². The first-order valence-electron chi connectivity index (χ1n) is 9.73. The number of benzene rings is 2. The van der Waals surface area contributed by atoms with Crippen molar-refractivity contribution in [3.05, 3.63) is 47.5 Å². The number of rotatable bonds is 8. The summed E-state index contributed by atoms with van der Waals surface area (Å²) in [5, 5.41) is 2.11. The van der Waals surface area contributed by atoms with Crippen molar-refractivity contribution in [1.29, 1.82) is 0 Å². The van der Waals surface area contributed by atoms with E-state index in [0.717, 1.165) is 52.4 Å².